The van der Waals surface area contributed by atoms with E-state index >= 15 is 0 Å². The van der Waals surface area contributed by atoms with Gasteiger partial charge < -0.3 is 19.9 Å². The first-order valence-electron chi connectivity index (χ1n) is 9.79. The summed E-state index contributed by atoms with van der Waals surface area (Å²) in [4.78, 5) is 12.5. The van der Waals surface area contributed by atoms with Crippen molar-refractivity contribution in [3.63, 3.8) is 0 Å². The Hall–Kier alpha value is -1.75. The van der Waals surface area contributed by atoms with Crippen molar-refractivity contribution in [2.45, 2.75) is 70.8 Å². The summed E-state index contributed by atoms with van der Waals surface area (Å²) in [6.07, 6.45) is 10.7. The minimum Gasteiger partial charge on any atom is -0.497 e. The molecule has 0 spiro atoms. The lowest BCUT2D eigenvalue weighted by atomic mass is 10.0. The molecule has 0 aliphatic heterocycles. The Bertz CT molecular complexity index is 496. The van der Waals surface area contributed by atoms with Gasteiger partial charge in [-0.25, -0.2) is 0 Å². The summed E-state index contributed by atoms with van der Waals surface area (Å²) < 4.78 is 10.4. The summed E-state index contributed by atoms with van der Waals surface area (Å²) in [5, 5.41) is 12.5. The molecule has 0 fully saturated rings. The van der Waals surface area contributed by atoms with E-state index in [1.54, 1.807) is 32.4 Å². The van der Waals surface area contributed by atoms with Gasteiger partial charge in [0.2, 0.25) is 0 Å². The fraction of sp³-hybridized carbons (Fsp3) is 0.667. The third kappa shape index (κ3) is 8.56. The number of carbonyl (C=O) groups is 1. The number of methoxy groups -OCH3 is 2. The van der Waals surface area contributed by atoms with Gasteiger partial charge in [-0.1, -0.05) is 58.3 Å². The van der Waals surface area contributed by atoms with Crippen LogP contribution in [0.4, 0.5) is 0 Å². The highest BCUT2D eigenvalue weighted by atomic mass is 16.5. The molecule has 1 unspecified atom stereocenters. The summed E-state index contributed by atoms with van der Waals surface area (Å²) >= 11 is 0. The first-order chi connectivity index (χ1) is 12.6. The molecule has 1 aromatic carbocycles. The third-order valence-electron chi connectivity index (χ3n) is 4.58. The van der Waals surface area contributed by atoms with Crippen molar-refractivity contribution in [3.05, 3.63) is 23.8 Å². The standard InChI is InChI=1S/C21H35NO4/c1-4-5-6-7-8-9-10-11-12-18(16-23)22-21(24)17-13-19(25-2)15-20(14-17)26-3/h13-15,18,23H,4-12,16H2,1-3H3,(H,22,24). The van der Waals surface area contributed by atoms with Crippen molar-refractivity contribution < 1.29 is 19.4 Å². The number of amides is 1. The number of ether oxygens (including phenoxy) is 2. The Morgan fingerprint density at radius 3 is 2.00 bits per heavy atom. The second-order valence-corrected chi connectivity index (χ2v) is 6.72. The summed E-state index contributed by atoms with van der Waals surface area (Å²) in [6.45, 7) is 2.17. The fourth-order valence-corrected chi connectivity index (χ4v) is 2.94. The molecule has 5 heteroatoms. The Morgan fingerprint density at radius 2 is 1.50 bits per heavy atom. The molecule has 0 saturated carbocycles. The van der Waals surface area contributed by atoms with Gasteiger partial charge in [0.25, 0.3) is 5.91 Å². The molecule has 1 amide bonds. The average Bonchev–Trinajstić information content (AvgIpc) is 2.68. The second kappa shape index (κ2) is 13.5. The maximum atomic E-state index is 12.5. The topological polar surface area (TPSA) is 67.8 Å². The molecule has 148 valence electrons. The number of nitrogens with one attached hydrogen (secondary N) is 1. The Labute approximate surface area is 158 Å². The molecule has 1 rings (SSSR count). The lowest BCUT2D eigenvalue weighted by molar-refractivity contribution is 0.0911. The van der Waals surface area contributed by atoms with Crippen LogP contribution < -0.4 is 14.8 Å². The zero-order chi connectivity index (χ0) is 19.2. The van der Waals surface area contributed by atoms with Crippen LogP contribution in [0.1, 0.15) is 75.1 Å². The van der Waals surface area contributed by atoms with E-state index in [0.717, 1.165) is 19.3 Å². The highest BCUT2D eigenvalue weighted by molar-refractivity contribution is 5.95. The highest BCUT2D eigenvalue weighted by Crippen LogP contribution is 2.22. The predicted molar refractivity (Wildman–Crippen MR) is 105 cm³/mol. The molecule has 5 nitrogen and oxygen atoms in total. The monoisotopic (exact) mass is 365 g/mol. The summed E-state index contributed by atoms with van der Waals surface area (Å²) in [7, 11) is 3.10. The molecule has 26 heavy (non-hydrogen) atoms. The van der Waals surface area contributed by atoms with Crippen molar-refractivity contribution in [1.29, 1.82) is 0 Å². The van der Waals surface area contributed by atoms with Crippen molar-refractivity contribution in [3.8, 4) is 11.5 Å². The minimum absolute atomic E-state index is 0.0522. The van der Waals surface area contributed by atoms with Crippen molar-refractivity contribution >= 4 is 5.91 Å². The lowest BCUT2D eigenvalue weighted by Crippen LogP contribution is -2.37. The fourth-order valence-electron chi connectivity index (χ4n) is 2.94. The van der Waals surface area contributed by atoms with Crippen LogP contribution >= 0.6 is 0 Å². The number of aliphatic hydroxyl groups excluding tert-OH is 1. The highest BCUT2D eigenvalue weighted by Gasteiger charge is 2.15. The van der Waals surface area contributed by atoms with Gasteiger partial charge in [0.15, 0.2) is 0 Å². The lowest BCUT2D eigenvalue weighted by Gasteiger charge is -2.17. The molecule has 0 heterocycles. The van der Waals surface area contributed by atoms with Gasteiger partial charge in [0.1, 0.15) is 11.5 Å². The van der Waals surface area contributed by atoms with Crippen LogP contribution in [-0.2, 0) is 0 Å². The van der Waals surface area contributed by atoms with Crippen LogP contribution in [0.25, 0.3) is 0 Å². The predicted octanol–water partition coefficient (Wildman–Crippen LogP) is 4.33. The van der Waals surface area contributed by atoms with Gasteiger partial charge in [0.05, 0.1) is 26.9 Å². The zero-order valence-electron chi connectivity index (χ0n) is 16.6. The van der Waals surface area contributed by atoms with Crippen LogP contribution in [0, 0.1) is 0 Å². The summed E-state index contributed by atoms with van der Waals surface area (Å²) in [5.41, 5.74) is 0.468. The van der Waals surface area contributed by atoms with Crippen LogP contribution in [-0.4, -0.2) is 37.9 Å². The van der Waals surface area contributed by atoms with E-state index in [9.17, 15) is 9.90 Å². The SMILES string of the molecule is CCCCCCCCCCC(CO)NC(=O)c1cc(OC)cc(OC)c1. The van der Waals surface area contributed by atoms with Crippen LogP contribution in [0.5, 0.6) is 11.5 Å². The van der Waals surface area contributed by atoms with Gasteiger partial charge in [-0.05, 0) is 18.6 Å². The van der Waals surface area contributed by atoms with Gasteiger partial charge in [-0.15, -0.1) is 0 Å². The molecule has 0 aromatic heterocycles. The van der Waals surface area contributed by atoms with E-state index in [2.05, 4.69) is 12.2 Å². The quantitative estimate of drug-likeness (QED) is 0.482. The summed E-state index contributed by atoms with van der Waals surface area (Å²) in [6, 6.07) is 4.84. The van der Waals surface area contributed by atoms with Crippen LogP contribution in [0.2, 0.25) is 0 Å². The molecule has 0 aliphatic rings. The molecular formula is C21H35NO4. The number of rotatable bonds is 14. The largest absolute Gasteiger partial charge is 0.497 e. The van der Waals surface area contributed by atoms with E-state index in [1.165, 1.54) is 38.5 Å². The van der Waals surface area contributed by atoms with Gasteiger partial charge >= 0.3 is 0 Å². The molecular weight excluding hydrogens is 330 g/mol. The van der Waals surface area contributed by atoms with E-state index in [-0.39, 0.29) is 18.6 Å². The Morgan fingerprint density at radius 1 is 0.962 bits per heavy atom. The molecule has 1 aromatic rings. The van der Waals surface area contributed by atoms with Crippen molar-refractivity contribution in [2.75, 3.05) is 20.8 Å². The van der Waals surface area contributed by atoms with Crippen LogP contribution in [0.15, 0.2) is 18.2 Å². The van der Waals surface area contributed by atoms with E-state index in [0.29, 0.717) is 17.1 Å². The number of unbranched alkanes of at least 4 members (excludes halogenated alkanes) is 7. The van der Waals surface area contributed by atoms with Gasteiger partial charge in [-0.3, -0.25) is 4.79 Å². The Balaban J connectivity index is 2.39. The molecule has 0 saturated heterocycles. The van der Waals surface area contributed by atoms with E-state index < -0.39 is 0 Å². The number of carbonyl (C=O) groups excluding carboxylic acids is 1. The van der Waals surface area contributed by atoms with Gasteiger partial charge in [0, 0.05) is 11.6 Å². The molecule has 2 N–H and O–H groups in total. The average molecular weight is 366 g/mol. The van der Waals surface area contributed by atoms with Crippen molar-refractivity contribution in [1.82, 2.24) is 5.32 Å². The zero-order valence-corrected chi connectivity index (χ0v) is 16.6. The molecule has 1 atom stereocenters. The Kier molecular flexibility index (Phi) is 11.5. The smallest absolute Gasteiger partial charge is 0.251 e. The van der Waals surface area contributed by atoms with E-state index in [4.69, 9.17) is 9.47 Å². The van der Waals surface area contributed by atoms with Gasteiger partial charge in [-0.2, -0.15) is 0 Å². The van der Waals surface area contributed by atoms with Crippen molar-refractivity contribution in [2.24, 2.45) is 0 Å². The number of aliphatic hydroxyl groups is 1. The number of hydrogen-bond donors (Lipinski definition) is 2. The normalized spacial score (nSPS) is 11.8. The van der Waals surface area contributed by atoms with E-state index in [1.807, 2.05) is 0 Å². The number of hydrogen-bond acceptors (Lipinski definition) is 4. The third-order valence-corrected chi connectivity index (χ3v) is 4.58. The molecule has 0 bridgehead atoms. The number of benzene rings is 1. The summed E-state index contributed by atoms with van der Waals surface area (Å²) in [5.74, 6) is 0.914. The second-order valence-electron chi connectivity index (χ2n) is 6.72. The maximum Gasteiger partial charge on any atom is 0.251 e. The maximum absolute atomic E-state index is 12.5. The molecule has 0 aliphatic carbocycles. The molecule has 0 radical (unpaired) electrons. The first kappa shape index (κ1) is 22.3. The minimum atomic E-state index is -0.222. The first-order valence-corrected chi connectivity index (χ1v) is 9.79. The van der Waals surface area contributed by atoms with Crippen LogP contribution in [0.3, 0.4) is 0 Å².